The van der Waals surface area contributed by atoms with E-state index in [9.17, 15) is 0 Å². The molecule has 0 unspecified atom stereocenters. The number of nitrogens with zero attached hydrogens (tertiary/aromatic N) is 2. The Labute approximate surface area is 102 Å². The van der Waals surface area contributed by atoms with E-state index in [-0.39, 0.29) is 5.54 Å². The van der Waals surface area contributed by atoms with Crippen molar-refractivity contribution in [2.45, 2.75) is 39.7 Å². The van der Waals surface area contributed by atoms with Crippen molar-refractivity contribution in [3.63, 3.8) is 0 Å². The van der Waals surface area contributed by atoms with Gasteiger partial charge in [0.15, 0.2) is 0 Å². The summed E-state index contributed by atoms with van der Waals surface area (Å²) in [5.41, 5.74) is 6.98. The van der Waals surface area contributed by atoms with Crippen LogP contribution in [-0.4, -0.2) is 20.5 Å². The summed E-state index contributed by atoms with van der Waals surface area (Å²) >= 11 is 4.91. The number of thiocarbonyl (C=S) groups is 1. The molecule has 0 radical (unpaired) electrons. The maximum absolute atomic E-state index is 5.56. The maximum Gasteiger partial charge on any atom is 0.223 e. The van der Waals surface area contributed by atoms with E-state index < -0.39 is 0 Å². The van der Waals surface area contributed by atoms with E-state index in [1.807, 2.05) is 6.92 Å². The molecule has 0 aliphatic rings. The van der Waals surface area contributed by atoms with E-state index in [1.165, 1.54) is 0 Å². The van der Waals surface area contributed by atoms with Crippen LogP contribution in [0.3, 0.4) is 0 Å². The SMILES string of the molecule is CCC(C)(C)Nc1nc(C)cc(C(N)=S)n1. The predicted octanol–water partition coefficient (Wildman–Crippen LogP) is 2.02. The van der Waals surface area contributed by atoms with E-state index in [1.54, 1.807) is 6.07 Å². The lowest BCUT2D eigenvalue weighted by Crippen LogP contribution is -2.31. The minimum Gasteiger partial charge on any atom is -0.388 e. The Bertz CT molecular complexity index is 401. The van der Waals surface area contributed by atoms with Crippen LogP contribution in [0.2, 0.25) is 0 Å². The van der Waals surface area contributed by atoms with Crippen molar-refractivity contribution in [3.8, 4) is 0 Å². The number of hydrogen-bond acceptors (Lipinski definition) is 4. The highest BCUT2D eigenvalue weighted by Crippen LogP contribution is 2.15. The molecule has 0 aliphatic carbocycles. The lowest BCUT2D eigenvalue weighted by atomic mass is 10.0. The van der Waals surface area contributed by atoms with Crippen molar-refractivity contribution in [1.29, 1.82) is 0 Å². The van der Waals surface area contributed by atoms with E-state index in [0.29, 0.717) is 16.6 Å². The first-order chi connectivity index (χ1) is 7.34. The highest BCUT2D eigenvalue weighted by molar-refractivity contribution is 7.80. The fourth-order valence-corrected chi connectivity index (χ4v) is 1.25. The fourth-order valence-electron chi connectivity index (χ4n) is 1.14. The van der Waals surface area contributed by atoms with Gasteiger partial charge in [-0.3, -0.25) is 0 Å². The van der Waals surface area contributed by atoms with Crippen LogP contribution in [0.1, 0.15) is 38.6 Å². The Morgan fingerprint density at radius 2 is 2.12 bits per heavy atom. The third-order valence-electron chi connectivity index (χ3n) is 2.44. The molecule has 0 fully saturated rings. The summed E-state index contributed by atoms with van der Waals surface area (Å²) in [7, 11) is 0. The first-order valence-corrected chi connectivity index (χ1v) is 5.68. The normalized spacial score (nSPS) is 11.2. The zero-order chi connectivity index (χ0) is 12.3. The van der Waals surface area contributed by atoms with Crippen LogP contribution in [0.5, 0.6) is 0 Å². The second-order valence-electron chi connectivity index (χ2n) is 4.44. The minimum atomic E-state index is -0.0404. The average molecular weight is 238 g/mol. The van der Waals surface area contributed by atoms with E-state index in [2.05, 4.69) is 36.1 Å². The van der Waals surface area contributed by atoms with Crippen molar-refractivity contribution >= 4 is 23.2 Å². The lowest BCUT2D eigenvalue weighted by molar-refractivity contribution is 0.541. The van der Waals surface area contributed by atoms with Gasteiger partial charge < -0.3 is 11.1 Å². The zero-order valence-corrected chi connectivity index (χ0v) is 11.0. The van der Waals surface area contributed by atoms with Crippen molar-refractivity contribution < 1.29 is 0 Å². The molecule has 16 heavy (non-hydrogen) atoms. The molecule has 0 bridgehead atoms. The second-order valence-corrected chi connectivity index (χ2v) is 4.88. The number of aromatic nitrogens is 2. The molecule has 0 spiro atoms. The largest absolute Gasteiger partial charge is 0.388 e. The molecule has 88 valence electrons. The molecule has 1 aromatic rings. The monoisotopic (exact) mass is 238 g/mol. The number of rotatable bonds is 4. The Morgan fingerprint density at radius 3 is 2.62 bits per heavy atom. The number of nitrogens with one attached hydrogen (secondary N) is 1. The highest BCUT2D eigenvalue weighted by atomic mass is 32.1. The smallest absolute Gasteiger partial charge is 0.223 e. The van der Waals surface area contributed by atoms with Gasteiger partial charge in [-0.25, -0.2) is 9.97 Å². The molecule has 0 saturated carbocycles. The lowest BCUT2D eigenvalue weighted by Gasteiger charge is -2.24. The molecule has 0 atom stereocenters. The predicted molar refractivity (Wildman–Crippen MR) is 70.6 cm³/mol. The second kappa shape index (κ2) is 4.74. The number of hydrogen-bond donors (Lipinski definition) is 2. The minimum absolute atomic E-state index is 0.0404. The summed E-state index contributed by atoms with van der Waals surface area (Å²) in [6, 6.07) is 1.78. The number of nitrogens with two attached hydrogens (primary N) is 1. The molecule has 0 saturated heterocycles. The molecular formula is C11H18N4S. The van der Waals surface area contributed by atoms with Crippen LogP contribution in [0, 0.1) is 6.92 Å². The third-order valence-corrected chi connectivity index (χ3v) is 2.65. The van der Waals surface area contributed by atoms with E-state index in [4.69, 9.17) is 18.0 Å². The third kappa shape index (κ3) is 3.41. The van der Waals surface area contributed by atoms with Gasteiger partial charge in [0.05, 0.1) is 0 Å². The molecule has 3 N–H and O–H groups in total. The van der Waals surface area contributed by atoms with Crippen LogP contribution in [0.15, 0.2) is 6.07 Å². The highest BCUT2D eigenvalue weighted by Gasteiger charge is 2.16. The quantitative estimate of drug-likeness (QED) is 0.786. The first-order valence-electron chi connectivity index (χ1n) is 5.28. The van der Waals surface area contributed by atoms with Gasteiger partial charge in [0.2, 0.25) is 5.95 Å². The van der Waals surface area contributed by atoms with Gasteiger partial charge in [-0.05, 0) is 33.3 Å². The van der Waals surface area contributed by atoms with Crippen LogP contribution in [0.25, 0.3) is 0 Å². The molecular weight excluding hydrogens is 220 g/mol. The molecule has 0 aromatic carbocycles. The Morgan fingerprint density at radius 1 is 1.50 bits per heavy atom. The van der Waals surface area contributed by atoms with Gasteiger partial charge in [0.1, 0.15) is 10.7 Å². The van der Waals surface area contributed by atoms with Crippen molar-refractivity contribution in [2.24, 2.45) is 5.73 Å². The van der Waals surface area contributed by atoms with Gasteiger partial charge in [0, 0.05) is 11.2 Å². The Balaban J connectivity index is 3.01. The maximum atomic E-state index is 5.56. The molecule has 0 aliphatic heterocycles. The van der Waals surface area contributed by atoms with E-state index in [0.717, 1.165) is 12.1 Å². The van der Waals surface area contributed by atoms with Crippen LogP contribution in [0.4, 0.5) is 5.95 Å². The van der Waals surface area contributed by atoms with E-state index >= 15 is 0 Å². The fraction of sp³-hybridized carbons (Fsp3) is 0.545. The molecule has 1 aromatic heterocycles. The summed E-state index contributed by atoms with van der Waals surface area (Å²) in [5, 5.41) is 3.27. The number of anilines is 1. The van der Waals surface area contributed by atoms with Crippen LogP contribution in [-0.2, 0) is 0 Å². The Hall–Kier alpha value is -1.23. The standard InChI is InChI=1S/C11H18N4S/c1-5-11(3,4)15-10-13-7(2)6-8(14-10)9(12)16/h6H,5H2,1-4H3,(H2,12,16)(H,13,14,15). The van der Waals surface area contributed by atoms with Crippen molar-refractivity contribution in [2.75, 3.05) is 5.32 Å². The zero-order valence-electron chi connectivity index (χ0n) is 10.2. The molecule has 1 rings (SSSR count). The molecule has 0 amide bonds. The Kier molecular flexibility index (Phi) is 3.80. The molecule has 5 heteroatoms. The summed E-state index contributed by atoms with van der Waals surface area (Å²) < 4.78 is 0. The summed E-state index contributed by atoms with van der Waals surface area (Å²) in [5.74, 6) is 0.578. The average Bonchev–Trinajstić information content (AvgIpc) is 2.16. The first kappa shape index (κ1) is 12.8. The van der Waals surface area contributed by atoms with Crippen molar-refractivity contribution in [3.05, 3.63) is 17.5 Å². The summed E-state index contributed by atoms with van der Waals surface area (Å²) in [4.78, 5) is 8.88. The van der Waals surface area contributed by atoms with Gasteiger partial charge in [-0.15, -0.1) is 0 Å². The topological polar surface area (TPSA) is 63.8 Å². The van der Waals surface area contributed by atoms with Gasteiger partial charge >= 0.3 is 0 Å². The van der Waals surface area contributed by atoms with Gasteiger partial charge in [-0.1, -0.05) is 19.1 Å². The van der Waals surface area contributed by atoms with Gasteiger partial charge in [-0.2, -0.15) is 0 Å². The summed E-state index contributed by atoms with van der Waals surface area (Å²) in [6.07, 6.45) is 0.979. The number of aryl methyl sites for hydroxylation is 1. The van der Waals surface area contributed by atoms with Crippen molar-refractivity contribution in [1.82, 2.24) is 9.97 Å². The molecule has 1 heterocycles. The van der Waals surface area contributed by atoms with Crippen LogP contribution >= 0.6 is 12.2 Å². The van der Waals surface area contributed by atoms with Gasteiger partial charge in [0.25, 0.3) is 0 Å². The van der Waals surface area contributed by atoms with Crippen LogP contribution < -0.4 is 11.1 Å². The summed E-state index contributed by atoms with van der Waals surface area (Å²) in [6.45, 7) is 8.20. The molecule has 4 nitrogen and oxygen atoms in total.